The molecule has 0 radical (unpaired) electrons. The number of hydrogen-bond acceptors (Lipinski definition) is 2. The zero-order chi connectivity index (χ0) is 15.2. The number of fused-ring (bicyclic) bond motifs is 1. The summed E-state index contributed by atoms with van der Waals surface area (Å²) in [4.78, 5) is 16.7. The number of nitrogens with zero attached hydrogens (tertiary/aromatic N) is 2. The normalized spacial score (nSPS) is 19.9. The van der Waals surface area contributed by atoms with Gasteiger partial charge in [-0.25, -0.2) is 4.98 Å². The topological polar surface area (TPSA) is 46.4 Å². The Labute approximate surface area is 124 Å². The Bertz CT molecular complexity index is 721. The zero-order valence-electron chi connectivity index (χ0n) is 12.8. The van der Waals surface area contributed by atoms with E-state index in [2.05, 4.69) is 49.8 Å². The third kappa shape index (κ3) is 2.58. The van der Waals surface area contributed by atoms with Gasteiger partial charge in [-0.1, -0.05) is 27.4 Å². The van der Waals surface area contributed by atoms with E-state index in [-0.39, 0.29) is 17.2 Å². The first-order valence-electron chi connectivity index (χ1n) is 7.32. The SMILES string of the molecule is C=C1CCC(c2cn3ccc(C(C)(C)C)cc3n2)C(=O)N1. The Morgan fingerprint density at radius 1 is 1.43 bits per heavy atom. The highest BCUT2D eigenvalue weighted by Gasteiger charge is 2.27. The number of carbonyl (C=O) groups is 1. The van der Waals surface area contributed by atoms with Gasteiger partial charge in [-0.15, -0.1) is 0 Å². The molecule has 3 rings (SSSR count). The second-order valence-corrected chi connectivity index (χ2v) is 6.78. The maximum Gasteiger partial charge on any atom is 0.233 e. The first-order chi connectivity index (χ1) is 9.84. The van der Waals surface area contributed by atoms with Crippen molar-refractivity contribution in [3.05, 3.63) is 48.1 Å². The van der Waals surface area contributed by atoms with Crippen LogP contribution in [0, 0.1) is 0 Å². The predicted molar refractivity (Wildman–Crippen MR) is 83.1 cm³/mol. The summed E-state index contributed by atoms with van der Waals surface area (Å²) in [6.07, 6.45) is 5.57. The molecular weight excluding hydrogens is 262 g/mol. The third-order valence-electron chi connectivity index (χ3n) is 4.05. The molecule has 0 spiro atoms. The fourth-order valence-corrected chi connectivity index (χ4v) is 2.69. The molecule has 1 saturated heterocycles. The molecule has 1 aliphatic rings. The van der Waals surface area contributed by atoms with Gasteiger partial charge >= 0.3 is 0 Å². The standard InChI is InChI=1S/C17H21N3O/c1-11-5-6-13(16(21)18-11)14-10-20-8-7-12(17(2,3)4)9-15(20)19-14/h7-10,13H,1,5-6H2,2-4H3,(H,18,21). The van der Waals surface area contributed by atoms with Gasteiger partial charge in [-0.2, -0.15) is 0 Å². The Morgan fingerprint density at radius 2 is 2.19 bits per heavy atom. The first-order valence-corrected chi connectivity index (χ1v) is 7.32. The third-order valence-corrected chi connectivity index (χ3v) is 4.05. The van der Waals surface area contributed by atoms with Crippen LogP contribution in [-0.4, -0.2) is 15.3 Å². The van der Waals surface area contributed by atoms with Gasteiger partial charge in [0.1, 0.15) is 5.65 Å². The summed E-state index contributed by atoms with van der Waals surface area (Å²) in [5.41, 5.74) is 3.87. The van der Waals surface area contributed by atoms with Crippen molar-refractivity contribution in [3.63, 3.8) is 0 Å². The monoisotopic (exact) mass is 283 g/mol. The van der Waals surface area contributed by atoms with Crippen LogP contribution in [-0.2, 0) is 10.2 Å². The number of hydrogen-bond donors (Lipinski definition) is 1. The number of carbonyl (C=O) groups excluding carboxylic acids is 1. The molecule has 4 nitrogen and oxygen atoms in total. The van der Waals surface area contributed by atoms with Gasteiger partial charge in [-0.05, 0) is 36.0 Å². The first kappa shape index (κ1) is 13.9. The maximum atomic E-state index is 12.1. The number of imidazole rings is 1. The van der Waals surface area contributed by atoms with E-state index in [1.165, 1.54) is 5.56 Å². The lowest BCUT2D eigenvalue weighted by atomic mass is 9.88. The van der Waals surface area contributed by atoms with E-state index in [1.54, 1.807) is 0 Å². The number of amides is 1. The van der Waals surface area contributed by atoms with Crippen LogP contribution < -0.4 is 5.32 Å². The molecule has 0 aromatic carbocycles. The maximum absolute atomic E-state index is 12.1. The number of piperidine rings is 1. The molecule has 1 N–H and O–H groups in total. The molecule has 110 valence electrons. The lowest BCUT2D eigenvalue weighted by Gasteiger charge is -2.21. The quantitative estimate of drug-likeness (QED) is 0.874. The largest absolute Gasteiger partial charge is 0.330 e. The smallest absolute Gasteiger partial charge is 0.233 e. The number of pyridine rings is 1. The molecule has 2 aromatic rings. The van der Waals surface area contributed by atoms with E-state index < -0.39 is 0 Å². The van der Waals surface area contributed by atoms with Crippen LogP contribution in [0.1, 0.15) is 50.8 Å². The Hall–Kier alpha value is -2.10. The summed E-state index contributed by atoms with van der Waals surface area (Å²) in [7, 11) is 0. The summed E-state index contributed by atoms with van der Waals surface area (Å²) in [5, 5.41) is 2.83. The Morgan fingerprint density at radius 3 is 2.86 bits per heavy atom. The molecule has 1 aliphatic heterocycles. The van der Waals surface area contributed by atoms with Crippen LogP contribution >= 0.6 is 0 Å². The van der Waals surface area contributed by atoms with Gasteiger partial charge in [0.05, 0.1) is 11.6 Å². The summed E-state index contributed by atoms with van der Waals surface area (Å²) in [6, 6.07) is 4.21. The van der Waals surface area contributed by atoms with Gasteiger partial charge in [0.25, 0.3) is 0 Å². The number of aromatic nitrogens is 2. The molecule has 1 amide bonds. The molecule has 1 atom stereocenters. The highest BCUT2D eigenvalue weighted by atomic mass is 16.2. The van der Waals surface area contributed by atoms with Crippen molar-refractivity contribution >= 4 is 11.6 Å². The minimum atomic E-state index is -0.173. The minimum Gasteiger partial charge on any atom is -0.330 e. The number of allylic oxidation sites excluding steroid dienone is 1. The van der Waals surface area contributed by atoms with Gasteiger partial charge in [-0.3, -0.25) is 4.79 Å². The number of nitrogens with one attached hydrogen (secondary N) is 1. The molecule has 0 aliphatic carbocycles. The minimum absolute atomic E-state index is 0.00528. The lowest BCUT2D eigenvalue weighted by Crippen LogP contribution is -2.33. The van der Waals surface area contributed by atoms with Crippen molar-refractivity contribution < 1.29 is 4.79 Å². The van der Waals surface area contributed by atoms with Gasteiger partial charge in [0, 0.05) is 18.1 Å². The molecule has 21 heavy (non-hydrogen) atoms. The van der Waals surface area contributed by atoms with Crippen molar-refractivity contribution in [1.29, 1.82) is 0 Å². The fraction of sp³-hybridized carbons (Fsp3) is 0.412. The summed E-state index contributed by atoms with van der Waals surface area (Å²) in [6.45, 7) is 10.4. The van der Waals surface area contributed by atoms with Crippen molar-refractivity contribution in [2.45, 2.75) is 44.9 Å². The van der Waals surface area contributed by atoms with Crippen molar-refractivity contribution in [2.24, 2.45) is 0 Å². The second-order valence-electron chi connectivity index (χ2n) is 6.78. The van der Waals surface area contributed by atoms with E-state index in [0.29, 0.717) is 0 Å². The van der Waals surface area contributed by atoms with Crippen LogP contribution in [0.4, 0.5) is 0 Å². The average molecular weight is 283 g/mol. The second kappa shape index (κ2) is 4.72. The average Bonchev–Trinajstić information content (AvgIpc) is 2.79. The zero-order valence-corrected chi connectivity index (χ0v) is 12.8. The van der Waals surface area contributed by atoms with Gasteiger partial charge in [0.15, 0.2) is 0 Å². The van der Waals surface area contributed by atoms with Crippen LogP contribution in [0.25, 0.3) is 5.65 Å². The molecular formula is C17H21N3O. The van der Waals surface area contributed by atoms with Crippen LogP contribution in [0.2, 0.25) is 0 Å². The van der Waals surface area contributed by atoms with Crippen molar-refractivity contribution in [1.82, 2.24) is 14.7 Å². The Kier molecular flexibility index (Phi) is 3.12. The Balaban J connectivity index is 1.98. The van der Waals surface area contributed by atoms with Gasteiger partial charge in [0.2, 0.25) is 5.91 Å². The fourth-order valence-electron chi connectivity index (χ4n) is 2.69. The summed E-state index contributed by atoms with van der Waals surface area (Å²) < 4.78 is 1.99. The molecule has 3 heterocycles. The molecule has 4 heteroatoms. The van der Waals surface area contributed by atoms with Crippen LogP contribution in [0.3, 0.4) is 0 Å². The van der Waals surface area contributed by atoms with Crippen LogP contribution in [0.15, 0.2) is 36.8 Å². The molecule has 0 saturated carbocycles. The van der Waals surface area contributed by atoms with E-state index >= 15 is 0 Å². The van der Waals surface area contributed by atoms with Gasteiger partial charge < -0.3 is 9.72 Å². The highest BCUT2D eigenvalue weighted by molar-refractivity contribution is 5.85. The molecule has 2 aromatic heterocycles. The van der Waals surface area contributed by atoms with Crippen molar-refractivity contribution in [3.8, 4) is 0 Å². The number of rotatable bonds is 1. The van der Waals surface area contributed by atoms with Crippen LogP contribution in [0.5, 0.6) is 0 Å². The van der Waals surface area contributed by atoms with Crippen molar-refractivity contribution in [2.75, 3.05) is 0 Å². The van der Waals surface area contributed by atoms with E-state index in [9.17, 15) is 4.79 Å². The summed E-state index contributed by atoms with van der Waals surface area (Å²) >= 11 is 0. The molecule has 1 unspecified atom stereocenters. The lowest BCUT2D eigenvalue weighted by molar-refractivity contribution is -0.122. The van der Waals surface area contributed by atoms with E-state index in [0.717, 1.165) is 29.9 Å². The predicted octanol–water partition coefficient (Wildman–Crippen LogP) is 3.14. The summed E-state index contributed by atoms with van der Waals surface area (Å²) in [5.74, 6) is -0.167. The molecule has 0 bridgehead atoms. The van der Waals surface area contributed by atoms with E-state index in [1.807, 2.05) is 16.8 Å². The highest BCUT2D eigenvalue weighted by Crippen LogP contribution is 2.28. The molecule has 1 fully saturated rings. The van der Waals surface area contributed by atoms with E-state index in [4.69, 9.17) is 0 Å².